The van der Waals surface area contributed by atoms with Gasteiger partial charge in [-0.3, -0.25) is 10.1 Å². The average Bonchev–Trinajstić information content (AvgIpc) is 2.94. The van der Waals surface area contributed by atoms with Crippen molar-refractivity contribution in [2.24, 2.45) is 0 Å². The number of rotatable bonds is 2. The topological polar surface area (TPSA) is 121 Å². The number of aromatic nitrogens is 2. The van der Waals surface area contributed by atoms with Crippen LogP contribution in [0.5, 0.6) is 5.75 Å². The number of aliphatic hydroxyl groups excluding tert-OH is 1. The Balaban J connectivity index is 1.48. The highest BCUT2D eigenvalue weighted by atomic mass is 16.5. The number of aliphatic hydroxyl groups is 1. The maximum absolute atomic E-state index is 12.7. The zero-order valence-corrected chi connectivity index (χ0v) is 20.7. The fraction of sp³-hybridized carbons (Fsp3) is 0.370. The van der Waals surface area contributed by atoms with Crippen molar-refractivity contribution in [2.75, 3.05) is 56.3 Å². The van der Waals surface area contributed by atoms with E-state index in [9.17, 15) is 9.90 Å². The minimum atomic E-state index is -0.728. The van der Waals surface area contributed by atoms with Gasteiger partial charge in [0.2, 0.25) is 11.9 Å². The monoisotopic (exact) mass is 504 g/mol. The fourth-order valence-electron chi connectivity index (χ4n) is 4.44. The van der Waals surface area contributed by atoms with Crippen molar-refractivity contribution in [3.8, 4) is 17.0 Å². The van der Waals surface area contributed by atoms with Gasteiger partial charge in [0.1, 0.15) is 11.8 Å². The zero-order valence-electron chi connectivity index (χ0n) is 20.7. The van der Waals surface area contributed by atoms with E-state index < -0.39 is 6.04 Å². The van der Waals surface area contributed by atoms with Crippen molar-refractivity contribution >= 4 is 23.2 Å². The summed E-state index contributed by atoms with van der Waals surface area (Å²) in [6.45, 7) is 3.90. The minimum absolute atomic E-state index is 0.242. The zero-order chi connectivity index (χ0) is 25.5. The number of hydrogen-bond acceptors (Lipinski definition) is 9. The van der Waals surface area contributed by atoms with E-state index in [1.807, 2.05) is 42.5 Å². The number of carbonyl (C=O) groups excluding carboxylic acids is 1. The van der Waals surface area contributed by atoms with Gasteiger partial charge in [-0.1, -0.05) is 12.1 Å². The van der Waals surface area contributed by atoms with Gasteiger partial charge in [0.25, 0.3) is 0 Å². The van der Waals surface area contributed by atoms with Crippen LogP contribution in [0.15, 0.2) is 54.7 Å². The van der Waals surface area contributed by atoms with Crippen molar-refractivity contribution in [1.82, 2.24) is 20.6 Å². The lowest BCUT2D eigenvalue weighted by atomic mass is 10.1. The average molecular weight is 505 g/mol. The molecule has 37 heavy (non-hydrogen) atoms. The Morgan fingerprint density at radius 2 is 1.97 bits per heavy atom. The number of nitrogens with one attached hydrogen (secondary N) is 3. The standard InChI is InChI=1S/C27H32N6O4/c34-18-24-26(35)28-8-2-12-37-22-4-1-3-19(16-22)23-7-9-29-27(32-23)31-21-5-6-25(20(15-21)17-30-24)33-10-13-36-14-11-33/h1,3-7,9,15-16,24,30,34H,2,8,10-14,17-18H2,(H,28,35)(H,29,31,32)/t24-/m0/s1. The molecule has 4 N–H and O–H groups in total. The number of ether oxygens (including phenoxy) is 2. The van der Waals surface area contributed by atoms with E-state index in [-0.39, 0.29) is 12.5 Å². The van der Waals surface area contributed by atoms with E-state index >= 15 is 0 Å². The van der Waals surface area contributed by atoms with Gasteiger partial charge in [-0.15, -0.1) is 0 Å². The summed E-state index contributed by atoms with van der Waals surface area (Å²) in [6, 6.07) is 15.0. The summed E-state index contributed by atoms with van der Waals surface area (Å²) in [5.41, 5.74) is 4.59. The first-order valence-electron chi connectivity index (χ1n) is 12.6. The Bertz CT molecular complexity index is 1220. The molecule has 0 spiro atoms. The number of nitrogens with zero attached hydrogens (tertiary/aromatic N) is 3. The maximum Gasteiger partial charge on any atom is 0.239 e. The van der Waals surface area contributed by atoms with Gasteiger partial charge in [0.05, 0.1) is 32.1 Å². The molecule has 2 aliphatic rings. The summed E-state index contributed by atoms with van der Waals surface area (Å²) in [5.74, 6) is 0.967. The fourth-order valence-corrected chi connectivity index (χ4v) is 4.44. The van der Waals surface area contributed by atoms with E-state index in [2.05, 4.69) is 31.9 Å². The van der Waals surface area contributed by atoms with Crippen LogP contribution in [0, 0.1) is 0 Å². The largest absolute Gasteiger partial charge is 0.494 e. The van der Waals surface area contributed by atoms with E-state index in [0.29, 0.717) is 45.3 Å². The van der Waals surface area contributed by atoms with Gasteiger partial charge >= 0.3 is 0 Å². The summed E-state index contributed by atoms with van der Waals surface area (Å²) < 4.78 is 11.4. The van der Waals surface area contributed by atoms with Crippen LogP contribution >= 0.6 is 0 Å². The molecule has 1 fully saturated rings. The first-order chi connectivity index (χ1) is 18.2. The van der Waals surface area contributed by atoms with E-state index in [1.54, 1.807) is 6.20 Å². The van der Waals surface area contributed by atoms with Gasteiger partial charge in [0, 0.05) is 49.3 Å². The highest BCUT2D eigenvalue weighted by Crippen LogP contribution is 2.28. The molecular formula is C27H32N6O4. The SMILES string of the molecule is O=C1NCCCOc2cccc(c2)-c2ccnc(n2)Nc2ccc(N3CCOCC3)c(c2)CN[C@H]1CO. The molecule has 10 nitrogen and oxygen atoms in total. The second kappa shape index (κ2) is 12.0. The smallest absolute Gasteiger partial charge is 0.239 e. The van der Waals surface area contributed by atoms with Crippen LogP contribution in [0.3, 0.4) is 0 Å². The lowest BCUT2D eigenvalue weighted by molar-refractivity contribution is -0.124. The number of morpholine rings is 1. The molecule has 1 amide bonds. The first kappa shape index (κ1) is 24.9. The Hall–Kier alpha value is -3.73. The number of anilines is 3. The second-order valence-corrected chi connectivity index (χ2v) is 8.97. The number of amides is 1. The van der Waals surface area contributed by atoms with Gasteiger partial charge in [-0.05, 0) is 48.4 Å². The Morgan fingerprint density at radius 3 is 2.84 bits per heavy atom. The third-order valence-electron chi connectivity index (χ3n) is 6.40. The molecule has 194 valence electrons. The molecule has 5 rings (SSSR count). The van der Waals surface area contributed by atoms with Crippen LogP contribution in [0.4, 0.5) is 17.3 Å². The van der Waals surface area contributed by atoms with Crippen molar-refractivity contribution in [3.63, 3.8) is 0 Å². The Labute approximate surface area is 216 Å². The molecular weight excluding hydrogens is 472 g/mol. The van der Waals surface area contributed by atoms with Crippen LogP contribution in [-0.4, -0.2) is 73.1 Å². The first-order valence-corrected chi connectivity index (χ1v) is 12.6. The molecule has 3 heterocycles. The molecule has 0 unspecified atom stereocenters. The number of hydrogen-bond donors (Lipinski definition) is 4. The Morgan fingerprint density at radius 1 is 1.08 bits per heavy atom. The van der Waals surface area contributed by atoms with Crippen LogP contribution in [0.1, 0.15) is 12.0 Å². The predicted octanol–water partition coefficient (Wildman–Crippen LogP) is 2.07. The van der Waals surface area contributed by atoms with Crippen molar-refractivity contribution < 1.29 is 19.4 Å². The van der Waals surface area contributed by atoms with Crippen LogP contribution in [0.2, 0.25) is 0 Å². The number of benzene rings is 2. The molecule has 2 aliphatic heterocycles. The van der Waals surface area contributed by atoms with Crippen LogP contribution in [-0.2, 0) is 16.1 Å². The van der Waals surface area contributed by atoms with Crippen LogP contribution in [0.25, 0.3) is 11.3 Å². The van der Waals surface area contributed by atoms with Gasteiger partial charge in [-0.2, -0.15) is 0 Å². The Kier molecular flexibility index (Phi) is 8.09. The van der Waals surface area contributed by atoms with Crippen molar-refractivity contribution in [1.29, 1.82) is 0 Å². The molecule has 2 aromatic carbocycles. The van der Waals surface area contributed by atoms with Crippen molar-refractivity contribution in [3.05, 3.63) is 60.3 Å². The summed E-state index contributed by atoms with van der Waals surface area (Å²) in [6.07, 6.45) is 2.37. The quantitative estimate of drug-likeness (QED) is 0.416. The second-order valence-electron chi connectivity index (χ2n) is 8.97. The summed E-state index contributed by atoms with van der Waals surface area (Å²) in [5, 5.41) is 19.3. The maximum atomic E-state index is 12.7. The predicted molar refractivity (Wildman–Crippen MR) is 141 cm³/mol. The third-order valence-corrected chi connectivity index (χ3v) is 6.40. The molecule has 3 aromatic rings. The minimum Gasteiger partial charge on any atom is -0.494 e. The van der Waals surface area contributed by atoms with Crippen molar-refractivity contribution in [2.45, 2.75) is 19.0 Å². The number of carbonyl (C=O) groups is 1. The summed E-state index contributed by atoms with van der Waals surface area (Å²) in [7, 11) is 0. The molecule has 1 saturated heterocycles. The number of fused-ring (bicyclic) bond motifs is 7. The summed E-state index contributed by atoms with van der Waals surface area (Å²) >= 11 is 0. The van der Waals surface area contributed by atoms with E-state index in [4.69, 9.17) is 14.5 Å². The summed E-state index contributed by atoms with van der Waals surface area (Å²) in [4.78, 5) is 24.1. The highest BCUT2D eigenvalue weighted by molar-refractivity contribution is 5.81. The molecule has 1 aromatic heterocycles. The molecule has 0 saturated carbocycles. The third kappa shape index (κ3) is 6.34. The lowest BCUT2D eigenvalue weighted by Crippen LogP contribution is -2.46. The molecule has 10 heteroatoms. The normalized spacial score (nSPS) is 18.9. The molecule has 6 bridgehead atoms. The van der Waals surface area contributed by atoms with Gasteiger partial charge in [-0.25, -0.2) is 9.97 Å². The molecule has 0 radical (unpaired) electrons. The molecule has 1 atom stereocenters. The highest BCUT2D eigenvalue weighted by Gasteiger charge is 2.20. The van der Waals surface area contributed by atoms with Gasteiger partial charge < -0.3 is 30.1 Å². The lowest BCUT2D eigenvalue weighted by Gasteiger charge is -2.31. The van der Waals surface area contributed by atoms with Gasteiger partial charge in [0.15, 0.2) is 0 Å². The van der Waals surface area contributed by atoms with E-state index in [1.165, 1.54) is 0 Å². The van der Waals surface area contributed by atoms with E-state index in [0.717, 1.165) is 47.0 Å². The molecule has 0 aliphatic carbocycles. The van der Waals surface area contributed by atoms with Crippen LogP contribution < -0.4 is 25.6 Å².